The van der Waals surface area contributed by atoms with Crippen molar-refractivity contribution in [2.75, 3.05) is 0 Å². The van der Waals surface area contributed by atoms with Gasteiger partial charge in [-0.2, -0.15) is 0 Å². The third-order valence-corrected chi connectivity index (χ3v) is 7.31. The Labute approximate surface area is 184 Å². The lowest BCUT2D eigenvalue weighted by molar-refractivity contribution is 0.609. The summed E-state index contributed by atoms with van der Waals surface area (Å²) in [4.78, 5) is 6.47. The largest absolute Gasteiger partial charge is 0.276 e. The summed E-state index contributed by atoms with van der Waals surface area (Å²) >= 11 is 1.89. The first-order valence-corrected chi connectivity index (χ1v) is 12.1. The average Bonchev–Trinajstić information content (AvgIpc) is 3.27. The van der Waals surface area contributed by atoms with E-state index >= 15 is 0 Å². The van der Waals surface area contributed by atoms with Gasteiger partial charge in [-0.3, -0.25) is 9.56 Å². The molecule has 1 aliphatic rings. The zero-order chi connectivity index (χ0) is 21.1. The molecule has 5 heteroatoms. The Balaban J connectivity index is 1.67. The molecule has 0 amide bonds. The van der Waals surface area contributed by atoms with Crippen molar-refractivity contribution in [2.45, 2.75) is 79.2 Å². The van der Waals surface area contributed by atoms with Gasteiger partial charge in [-0.25, -0.2) is 0 Å². The Morgan fingerprint density at radius 3 is 2.60 bits per heavy atom. The monoisotopic (exact) mass is 420 g/mol. The zero-order valence-electron chi connectivity index (χ0n) is 18.7. The number of hydrogen-bond donors (Lipinski definition) is 0. The van der Waals surface area contributed by atoms with Crippen LogP contribution in [0.2, 0.25) is 0 Å². The molecule has 1 aliphatic heterocycles. The van der Waals surface area contributed by atoms with Gasteiger partial charge in [0.25, 0.3) is 0 Å². The van der Waals surface area contributed by atoms with Crippen LogP contribution in [0.3, 0.4) is 0 Å². The zero-order valence-corrected chi connectivity index (χ0v) is 19.5. The third kappa shape index (κ3) is 4.13. The molecule has 4 rings (SSSR count). The van der Waals surface area contributed by atoms with Crippen molar-refractivity contribution in [3.8, 4) is 5.00 Å². The van der Waals surface area contributed by atoms with E-state index < -0.39 is 0 Å². The topological polar surface area (TPSA) is 43.1 Å². The van der Waals surface area contributed by atoms with Crippen LogP contribution in [0.5, 0.6) is 0 Å². The van der Waals surface area contributed by atoms with Crippen LogP contribution in [-0.4, -0.2) is 20.5 Å². The minimum Gasteiger partial charge on any atom is -0.276 e. The molecular weight excluding hydrogens is 388 g/mol. The lowest BCUT2D eigenvalue weighted by Gasteiger charge is -2.11. The van der Waals surface area contributed by atoms with Gasteiger partial charge in [0, 0.05) is 16.0 Å². The standard InChI is InChI=1S/C25H32N4S/c1-5-6-7-8-9-10-13-20-15-22-24(21-14-11-12-17(2)18(21)3)26-16-23-28-27-19(4)29(23)25(22)30-20/h11-12,14-15H,5-10,13,16H2,1-4H3. The fraction of sp³-hybridized carbons (Fsp3) is 0.480. The van der Waals surface area contributed by atoms with Gasteiger partial charge in [0.1, 0.15) is 17.4 Å². The van der Waals surface area contributed by atoms with Crippen molar-refractivity contribution in [2.24, 2.45) is 4.99 Å². The summed E-state index contributed by atoms with van der Waals surface area (Å²) in [5.41, 5.74) is 6.17. The number of nitrogens with zero attached hydrogens (tertiary/aromatic N) is 4. The molecule has 3 heterocycles. The van der Waals surface area contributed by atoms with E-state index in [2.05, 4.69) is 59.8 Å². The first-order chi connectivity index (χ1) is 14.6. The number of thiophene rings is 1. The van der Waals surface area contributed by atoms with Crippen LogP contribution < -0.4 is 0 Å². The van der Waals surface area contributed by atoms with Crippen molar-refractivity contribution in [1.29, 1.82) is 0 Å². The Hall–Kier alpha value is -2.27. The number of benzene rings is 1. The number of unbranched alkanes of at least 4 members (excludes halogenated alkanes) is 5. The SMILES string of the molecule is CCCCCCCCc1cc2c(s1)-n1c(C)nnc1CN=C2c1cccc(C)c1C. The predicted octanol–water partition coefficient (Wildman–Crippen LogP) is 6.51. The summed E-state index contributed by atoms with van der Waals surface area (Å²) in [5, 5.41) is 9.97. The van der Waals surface area contributed by atoms with Gasteiger partial charge in [0.05, 0.1) is 5.71 Å². The molecule has 0 N–H and O–H groups in total. The van der Waals surface area contributed by atoms with Crippen molar-refractivity contribution < 1.29 is 0 Å². The lowest BCUT2D eigenvalue weighted by Crippen LogP contribution is -2.07. The van der Waals surface area contributed by atoms with Crippen LogP contribution in [0.4, 0.5) is 0 Å². The van der Waals surface area contributed by atoms with Crippen LogP contribution in [0.15, 0.2) is 29.3 Å². The van der Waals surface area contributed by atoms with Crippen LogP contribution in [0, 0.1) is 20.8 Å². The van der Waals surface area contributed by atoms with E-state index in [1.807, 2.05) is 18.3 Å². The van der Waals surface area contributed by atoms with Gasteiger partial charge in [0.15, 0.2) is 5.82 Å². The van der Waals surface area contributed by atoms with Gasteiger partial charge >= 0.3 is 0 Å². The van der Waals surface area contributed by atoms with E-state index in [0.717, 1.165) is 23.8 Å². The Morgan fingerprint density at radius 2 is 1.77 bits per heavy atom. The Morgan fingerprint density at radius 1 is 0.967 bits per heavy atom. The molecule has 2 aromatic heterocycles. The predicted molar refractivity (Wildman–Crippen MR) is 126 cm³/mol. The fourth-order valence-corrected chi connectivity index (χ4v) is 5.48. The minimum atomic E-state index is 0.567. The summed E-state index contributed by atoms with van der Waals surface area (Å²) < 4.78 is 2.21. The highest BCUT2D eigenvalue weighted by Crippen LogP contribution is 2.34. The molecule has 0 aliphatic carbocycles. The average molecular weight is 421 g/mol. The quantitative estimate of drug-likeness (QED) is 0.390. The molecule has 0 saturated carbocycles. The highest BCUT2D eigenvalue weighted by atomic mass is 32.1. The molecule has 0 spiro atoms. The number of aliphatic imine (C=N–C) groups is 1. The Bertz CT molecular complexity index is 1060. The van der Waals surface area contributed by atoms with Gasteiger partial charge < -0.3 is 0 Å². The lowest BCUT2D eigenvalue weighted by atomic mass is 9.96. The molecule has 30 heavy (non-hydrogen) atoms. The van der Waals surface area contributed by atoms with E-state index in [-0.39, 0.29) is 0 Å². The second-order valence-electron chi connectivity index (χ2n) is 8.36. The first-order valence-electron chi connectivity index (χ1n) is 11.3. The van der Waals surface area contributed by atoms with Crippen LogP contribution in [0.25, 0.3) is 5.00 Å². The normalized spacial score (nSPS) is 13.0. The molecule has 0 atom stereocenters. The van der Waals surface area contributed by atoms with Crippen molar-refractivity contribution in [3.63, 3.8) is 0 Å². The molecule has 0 fully saturated rings. The number of rotatable bonds is 8. The first kappa shape index (κ1) is 21.0. The minimum absolute atomic E-state index is 0.567. The van der Waals surface area contributed by atoms with Crippen molar-refractivity contribution in [1.82, 2.24) is 14.8 Å². The second-order valence-corrected chi connectivity index (χ2v) is 9.48. The number of aromatic nitrogens is 3. The summed E-state index contributed by atoms with van der Waals surface area (Å²) in [6.07, 6.45) is 9.09. The third-order valence-electron chi connectivity index (χ3n) is 6.13. The highest BCUT2D eigenvalue weighted by molar-refractivity contribution is 7.15. The van der Waals surface area contributed by atoms with E-state index in [1.54, 1.807) is 0 Å². The molecule has 0 bridgehead atoms. The molecule has 1 aromatic carbocycles. The summed E-state index contributed by atoms with van der Waals surface area (Å²) in [7, 11) is 0. The molecular formula is C25H32N4S. The van der Waals surface area contributed by atoms with Crippen LogP contribution in [0.1, 0.15) is 84.2 Å². The van der Waals surface area contributed by atoms with Crippen molar-refractivity contribution in [3.05, 3.63) is 63.0 Å². The van der Waals surface area contributed by atoms with E-state index in [4.69, 9.17) is 4.99 Å². The van der Waals surface area contributed by atoms with Gasteiger partial charge in [-0.1, -0.05) is 57.2 Å². The molecule has 3 aromatic rings. The number of hydrogen-bond acceptors (Lipinski definition) is 4. The number of aryl methyl sites for hydroxylation is 3. The van der Waals surface area contributed by atoms with Gasteiger partial charge in [-0.15, -0.1) is 21.5 Å². The summed E-state index contributed by atoms with van der Waals surface area (Å²) in [5.74, 6) is 1.87. The highest BCUT2D eigenvalue weighted by Gasteiger charge is 2.25. The van der Waals surface area contributed by atoms with Crippen LogP contribution in [-0.2, 0) is 13.0 Å². The fourth-order valence-electron chi connectivity index (χ4n) is 4.22. The van der Waals surface area contributed by atoms with Gasteiger partial charge in [0.2, 0.25) is 0 Å². The summed E-state index contributed by atoms with van der Waals surface area (Å²) in [6.45, 7) is 9.25. The van der Waals surface area contributed by atoms with Crippen LogP contribution >= 0.6 is 11.3 Å². The second kappa shape index (κ2) is 9.25. The maximum Gasteiger partial charge on any atom is 0.160 e. The molecule has 0 saturated heterocycles. The number of fused-ring (bicyclic) bond motifs is 3. The molecule has 0 radical (unpaired) electrons. The molecule has 0 unspecified atom stereocenters. The van der Waals surface area contributed by atoms with E-state index in [0.29, 0.717) is 6.54 Å². The maximum absolute atomic E-state index is 5.03. The van der Waals surface area contributed by atoms with E-state index in [9.17, 15) is 0 Å². The molecule has 4 nitrogen and oxygen atoms in total. The summed E-state index contributed by atoms with van der Waals surface area (Å²) in [6, 6.07) is 8.89. The molecule has 158 valence electrons. The van der Waals surface area contributed by atoms with Gasteiger partial charge in [-0.05, 0) is 50.8 Å². The smallest absolute Gasteiger partial charge is 0.160 e. The maximum atomic E-state index is 5.03. The Kier molecular flexibility index (Phi) is 6.47. The van der Waals surface area contributed by atoms with Crippen molar-refractivity contribution >= 4 is 17.0 Å². The van der Waals surface area contributed by atoms with E-state index in [1.165, 1.54) is 70.7 Å².